The molecule has 1 atom stereocenters. The number of carbonyl (C=O) groups is 1. The van der Waals surface area contributed by atoms with Crippen molar-refractivity contribution in [1.82, 2.24) is 0 Å². The van der Waals surface area contributed by atoms with E-state index in [0.717, 1.165) is 23.9 Å². The molecule has 0 spiro atoms. The second-order valence-corrected chi connectivity index (χ2v) is 6.22. The maximum atomic E-state index is 13.5. The summed E-state index contributed by atoms with van der Waals surface area (Å²) in [6, 6.07) is 5.69. The van der Waals surface area contributed by atoms with Crippen LogP contribution >= 0.6 is 11.8 Å². The summed E-state index contributed by atoms with van der Waals surface area (Å²) in [6.45, 7) is 1.70. The molecule has 1 heterocycles. The minimum absolute atomic E-state index is 0.0846. The second kappa shape index (κ2) is 5.88. The number of anilines is 1. The third-order valence-corrected chi connectivity index (χ3v) is 4.80. The van der Waals surface area contributed by atoms with Gasteiger partial charge in [0.25, 0.3) is 0 Å². The number of aryl methyl sites for hydroxylation is 1. The summed E-state index contributed by atoms with van der Waals surface area (Å²) in [4.78, 5) is 13.5. The summed E-state index contributed by atoms with van der Waals surface area (Å²) in [6.07, 6.45) is 0. The van der Waals surface area contributed by atoms with Crippen LogP contribution in [0.1, 0.15) is 16.5 Å². The number of rotatable bonds is 2. The van der Waals surface area contributed by atoms with Crippen molar-refractivity contribution in [1.29, 1.82) is 0 Å². The highest BCUT2D eigenvalue weighted by atomic mass is 32.2. The molecule has 2 aromatic rings. The van der Waals surface area contributed by atoms with Crippen LogP contribution in [0.3, 0.4) is 0 Å². The number of amides is 1. The van der Waals surface area contributed by atoms with Crippen molar-refractivity contribution in [3.05, 3.63) is 64.7 Å². The number of nitrogens with zero attached hydrogens (tertiary/aromatic N) is 1. The van der Waals surface area contributed by atoms with E-state index in [9.17, 15) is 22.4 Å². The molecule has 1 aliphatic heterocycles. The highest BCUT2D eigenvalue weighted by molar-refractivity contribution is 8.00. The Kier molecular flexibility index (Phi) is 4.06. The molecule has 120 valence electrons. The molecule has 1 saturated heterocycles. The predicted octanol–water partition coefficient (Wildman–Crippen LogP) is 4.33. The van der Waals surface area contributed by atoms with Gasteiger partial charge in [-0.15, -0.1) is 11.8 Å². The lowest BCUT2D eigenvalue weighted by Crippen LogP contribution is -2.28. The number of hydrogen-bond acceptors (Lipinski definition) is 2. The van der Waals surface area contributed by atoms with Crippen molar-refractivity contribution in [3.8, 4) is 0 Å². The van der Waals surface area contributed by atoms with E-state index in [2.05, 4.69) is 0 Å². The Balaban J connectivity index is 2.09. The molecular weight excluding hydrogens is 330 g/mol. The van der Waals surface area contributed by atoms with Crippen LogP contribution in [0.2, 0.25) is 0 Å². The molecule has 1 fully saturated rings. The predicted molar refractivity (Wildman–Crippen MR) is 80.1 cm³/mol. The van der Waals surface area contributed by atoms with Gasteiger partial charge in [-0.1, -0.05) is 6.07 Å². The average molecular weight is 341 g/mol. The topological polar surface area (TPSA) is 20.3 Å². The zero-order valence-electron chi connectivity index (χ0n) is 11.9. The van der Waals surface area contributed by atoms with Crippen molar-refractivity contribution in [3.63, 3.8) is 0 Å². The highest BCUT2D eigenvalue weighted by Gasteiger charge is 2.36. The number of halogens is 4. The summed E-state index contributed by atoms with van der Waals surface area (Å²) in [5.41, 5.74) is 1.09. The standard InChI is InChI=1S/C16H11F4NOS/c1-8-2-3-10(17)6-13(8)21-14(22)7-23-16(21)9-4-11(18)15(20)12(19)5-9/h2-6,16H,7H2,1H3. The Morgan fingerprint density at radius 3 is 2.39 bits per heavy atom. The first-order valence-corrected chi connectivity index (χ1v) is 7.77. The van der Waals surface area contributed by atoms with Crippen LogP contribution in [-0.4, -0.2) is 11.7 Å². The van der Waals surface area contributed by atoms with E-state index in [1.54, 1.807) is 6.92 Å². The van der Waals surface area contributed by atoms with Gasteiger partial charge in [0.2, 0.25) is 5.91 Å². The van der Waals surface area contributed by atoms with Gasteiger partial charge >= 0.3 is 0 Å². The first-order chi connectivity index (χ1) is 10.9. The molecule has 0 saturated carbocycles. The molecular formula is C16H11F4NOS. The summed E-state index contributed by atoms with van der Waals surface area (Å²) in [5, 5.41) is -0.743. The largest absolute Gasteiger partial charge is 0.295 e. The van der Waals surface area contributed by atoms with Gasteiger partial charge in [0.15, 0.2) is 17.5 Å². The van der Waals surface area contributed by atoms with Crippen LogP contribution in [0, 0.1) is 30.2 Å². The average Bonchev–Trinajstić information content (AvgIpc) is 2.88. The molecule has 0 bridgehead atoms. The molecule has 23 heavy (non-hydrogen) atoms. The zero-order valence-corrected chi connectivity index (χ0v) is 12.8. The maximum Gasteiger partial charge on any atom is 0.238 e. The van der Waals surface area contributed by atoms with Crippen molar-refractivity contribution >= 4 is 23.4 Å². The van der Waals surface area contributed by atoms with Crippen molar-refractivity contribution < 1.29 is 22.4 Å². The lowest BCUT2D eigenvalue weighted by molar-refractivity contribution is -0.115. The van der Waals surface area contributed by atoms with Crippen LogP contribution in [0.25, 0.3) is 0 Å². The fourth-order valence-electron chi connectivity index (χ4n) is 2.49. The molecule has 0 radical (unpaired) electrons. The van der Waals surface area contributed by atoms with Crippen LogP contribution in [-0.2, 0) is 4.79 Å². The van der Waals surface area contributed by atoms with Gasteiger partial charge in [0.1, 0.15) is 11.2 Å². The van der Waals surface area contributed by atoms with E-state index in [0.29, 0.717) is 11.3 Å². The third-order valence-electron chi connectivity index (χ3n) is 3.59. The number of carbonyl (C=O) groups excluding carboxylic acids is 1. The number of hydrogen-bond donors (Lipinski definition) is 0. The summed E-state index contributed by atoms with van der Waals surface area (Å²) < 4.78 is 53.6. The van der Waals surface area contributed by atoms with E-state index in [1.165, 1.54) is 23.1 Å². The minimum Gasteiger partial charge on any atom is -0.295 e. The Labute approximate surface area is 134 Å². The Bertz CT molecular complexity index is 773. The van der Waals surface area contributed by atoms with Gasteiger partial charge in [-0.2, -0.15) is 0 Å². The molecule has 3 rings (SSSR count). The summed E-state index contributed by atoms with van der Waals surface area (Å²) in [5.74, 6) is -4.95. The third kappa shape index (κ3) is 2.81. The number of benzene rings is 2. The first kappa shape index (κ1) is 15.9. The van der Waals surface area contributed by atoms with Gasteiger partial charge in [-0.25, -0.2) is 17.6 Å². The molecule has 1 aliphatic rings. The molecule has 2 nitrogen and oxygen atoms in total. The minimum atomic E-state index is -1.56. The Morgan fingerprint density at radius 1 is 1.09 bits per heavy atom. The normalized spacial score (nSPS) is 17.9. The highest BCUT2D eigenvalue weighted by Crippen LogP contribution is 2.43. The first-order valence-electron chi connectivity index (χ1n) is 6.72. The fraction of sp³-hybridized carbons (Fsp3) is 0.188. The molecule has 7 heteroatoms. The Hall–Kier alpha value is -2.02. The van der Waals surface area contributed by atoms with Crippen LogP contribution in [0.15, 0.2) is 30.3 Å². The molecule has 2 aromatic carbocycles. The van der Waals surface area contributed by atoms with Crippen molar-refractivity contribution in [2.75, 3.05) is 10.7 Å². The second-order valence-electron chi connectivity index (χ2n) is 5.16. The monoisotopic (exact) mass is 341 g/mol. The molecule has 1 unspecified atom stereocenters. The van der Waals surface area contributed by atoms with Gasteiger partial charge in [0, 0.05) is 0 Å². The zero-order chi connectivity index (χ0) is 16.7. The molecule has 0 aromatic heterocycles. The van der Waals surface area contributed by atoms with Crippen molar-refractivity contribution in [2.24, 2.45) is 0 Å². The number of thioether (sulfide) groups is 1. The lowest BCUT2D eigenvalue weighted by Gasteiger charge is -2.26. The molecule has 0 aliphatic carbocycles. The Morgan fingerprint density at radius 2 is 1.74 bits per heavy atom. The van der Waals surface area contributed by atoms with Gasteiger partial charge < -0.3 is 0 Å². The lowest BCUT2D eigenvalue weighted by atomic mass is 10.1. The van der Waals surface area contributed by atoms with Gasteiger partial charge in [0.05, 0.1) is 11.4 Å². The van der Waals surface area contributed by atoms with Gasteiger partial charge in [-0.05, 0) is 42.3 Å². The van der Waals surface area contributed by atoms with Gasteiger partial charge in [-0.3, -0.25) is 9.69 Å². The quantitative estimate of drug-likeness (QED) is 0.599. The van der Waals surface area contributed by atoms with Crippen LogP contribution in [0.4, 0.5) is 23.2 Å². The van der Waals surface area contributed by atoms with Crippen molar-refractivity contribution in [2.45, 2.75) is 12.3 Å². The van der Waals surface area contributed by atoms with E-state index in [1.807, 2.05) is 0 Å². The van der Waals surface area contributed by atoms with E-state index in [4.69, 9.17) is 0 Å². The summed E-state index contributed by atoms with van der Waals surface area (Å²) in [7, 11) is 0. The molecule has 0 N–H and O–H groups in total. The van der Waals surface area contributed by atoms with Crippen LogP contribution in [0.5, 0.6) is 0 Å². The van der Waals surface area contributed by atoms with Crippen LogP contribution < -0.4 is 4.90 Å². The molecule has 1 amide bonds. The summed E-state index contributed by atoms with van der Waals surface area (Å²) >= 11 is 1.14. The van der Waals surface area contributed by atoms with E-state index >= 15 is 0 Å². The van der Waals surface area contributed by atoms with E-state index < -0.39 is 28.6 Å². The SMILES string of the molecule is Cc1ccc(F)cc1N1C(=O)CSC1c1cc(F)c(F)c(F)c1. The smallest absolute Gasteiger partial charge is 0.238 e. The fourth-order valence-corrected chi connectivity index (χ4v) is 3.64. The van der Waals surface area contributed by atoms with E-state index in [-0.39, 0.29) is 17.2 Å². The maximum absolute atomic E-state index is 13.5.